The summed E-state index contributed by atoms with van der Waals surface area (Å²) in [5.74, 6) is -2.27. The third-order valence-corrected chi connectivity index (χ3v) is 15.9. The second-order valence-electron chi connectivity index (χ2n) is 22.7. The second-order valence-corrected chi connectivity index (χ2v) is 22.7. The van der Waals surface area contributed by atoms with Gasteiger partial charge in [0.25, 0.3) is 0 Å². The molecular formula is C61H72N2O10. The Morgan fingerprint density at radius 2 is 1.49 bits per heavy atom. The van der Waals surface area contributed by atoms with Gasteiger partial charge >= 0.3 is 11.9 Å². The van der Waals surface area contributed by atoms with Gasteiger partial charge in [0.15, 0.2) is 0 Å². The number of carbonyl (C=O) groups excluding carboxylic acids is 4. The maximum atomic E-state index is 15.0. The predicted octanol–water partition coefficient (Wildman–Crippen LogP) is 9.67. The Morgan fingerprint density at radius 1 is 0.849 bits per heavy atom. The number of rotatable bonds is 15. The minimum atomic E-state index is -1.41. The van der Waals surface area contributed by atoms with E-state index in [1.807, 2.05) is 103 Å². The van der Waals surface area contributed by atoms with Crippen LogP contribution in [-0.4, -0.2) is 95.1 Å². The summed E-state index contributed by atoms with van der Waals surface area (Å²) < 4.78 is 32.1. The topological polar surface area (TPSA) is 153 Å². The molecule has 386 valence electrons. The number of allylic oxidation sites excluding steroid dienone is 1. The number of carbonyl (C=O) groups is 4. The number of epoxide rings is 1. The molecule has 2 amide bonds. The Hall–Kier alpha value is -5.92. The van der Waals surface area contributed by atoms with Crippen LogP contribution < -0.4 is 5.32 Å². The van der Waals surface area contributed by atoms with Gasteiger partial charge in [-0.05, 0) is 113 Å². The van der Waals surface area contributed by atoms with E-state index in [2.05, 4.69) is 32.2 Å². The smallest absolute Gasteiger partial charge is 0.338 e. The zero-order valence-electron chi connectivity index (χ0n) is 43.4. The molecule has 12 nitrogen and oxygen atoms in total. The van der Waals surface area contributed by atoms with E-state index in [9.17, 15) is 19.5 Å². The minimum Gasteiger partial charge on any atom is -0.460 e. The number of hydrogen-bond donors (Lipinski definition) is 2. The van der Waals surface area contributed by atoms with E-state index in [4.69, 9.17) is 23.7 Å². The lowest BCUT2D eigenvalue weighted by Gasteiger charge is -2.53. The lowest BCUT2D eigenvalue weighted by molar-refractivity contribution is -0.157. The molecule has 9 rings (SSSR count). The Labute approximate surface area is 430 Å². The highest BCUT2D eigenvalue weighted by Gasteiger charge is 2.57. The van der Waals surface area contributed by atoms with Gasteiger partial charge in [0, 0.05) is 43.0 Å². The van der Waals surface area contributed by atoms with Crippen LogP contribution in [0.5, 0.6) is 0 Å². The van der Waals surface area contributed by atoms with E-state index in [0.29, 0.717) is 28.9 Å². The van der Waals surface area contributed by atoms with Crippen molar-refractivity contribution in [2.75, 3.05) is 13.7 Å². The zero-order valence-corrected chi connectivity index (χ0v) is 43.4. The number of nitrogens with zero attached hydrogens (tertiary/aromatic N) is 1. The molecule has 0 aromatic heterocycles. The quantitative estimate of drug-likeness (QED) is 0.0870. The van der Waals surface area contributed by atoms with Gasteiger partial charge in [-0.2, -0.15) is 0 Å². The molecule has 9 atom stereocenters. The lowest BCUT2D eigenvalue weighted by Crippen LogP contribution is -2.53. The minimum absolute atomic E-state index is 0.00459. The van der Waals surface area contributed by atoms with E-state index >= 15 is 4.79 Å². The van der Waals surface area contributed by atoms with Crippen molar-refractivity contribution in [1.82, 2.24) is 10.2 Å². The van der Waals surface area contributed by atoms with Gasteiger partial charge in [0.2, 0.25) is 17.6 Å². The van der Waals surface area contributed by atoms with E-state index in [-0.39, 0.29) is 36.9 Å². The van der Waals surface area contributed by atoms with Crippen molar-refractivity contribution < 1.29 is 48.0 Å². The molecule has 0 bridgehead atoms. The normalized spacial score (nSPS) is 27.1. The van der Waals surface area contributed by atoms with Crippen LogP contribution in [0.1, 0.15) is 126 Å². The summed E-state index contributed by atoms with van der Waals surface area (Å²) in [6, 6.07) is 34.2. The Bertz CT molecular complexity index is 2640. The molecule has 2 saturated carbocycles. The van der Waals surface area contributed by atoms with Crippen molar-refractivity contribution in [3.05, 3.63) is 160 Å². The van der Waals surface area contributed by atoms with Crippen molar-refractivity contribution in [1.29, 1.82) is 0 Å². The van der Waals surface area contributed by atoms with Crippen LogP contribution in [-0.2, 0) is 50.3 Å². The Kier molecular flexibility index (Phi) is 15.0. The largest absolute Gasteiger partial charge is 0.460 e. The predicted molar refractivity (Wildman–Crippen MR) is 278 cm³/mol. The molecule has 9 unspecified atom stereocenters. The molecule has 4 fully saturated rings. The Balaban J connectivity index is 0.985. The number of ether oxygens (including phenoxy) is 5. The third kappa shape index (κ3) is 11.6. The average Bonchev–Trinajstić information content (AvgIpc) is 3.83. The van der Waals surface area contributed by atoms with Crippen molar-refractivity contribution in [3.63, 3.8) is 0 Å². The first kappa shape index (κ1) is 52.0. The summed E-state index contributed by atoms with van der Waals surface area (Å²) in [7, 11) is 1.57. The van der Waals surface area contributed by atoms with Gasteiger partial charge in [0.1, 0.15) is 30.0 Å². The van der Waals surface area contributed by atoms with Gasteiger partial charge in [0.05, 0.1) is 29.9 Å². The first-order chi connectivity index (χ1) is 34.8. The molecule has 2 N–H and O–H groups in total. The maximum absolute atomic E-state index is 15.0. The Morgan fingerprint density at radius 3 is 2.11 bits per heavy atom. The molecule has 2 aliphatic heterocycles. The molecule has 4 aromatic rings. The molecule has 3 aliphatic carbocycles. The van der Waals surface area contributed by atoms with Crippen LogP contribution in [0.15, 0.2) is 132 Å². The molecule has 0 spiro atoms. The molecule has 73 heavy (non-hydrogen) atoms. The standard InChI is InChI=1S/C61H72N2O10/c1-58(2,3)72-53(65)30-28-46(38-64)62-55(66)49(34-39-17-11-8-12-18-39)63(7)56(67)43-35-50(54-51(36-43)70-61(73-54,44-19-13-9-14-20-44)45-21-15-10-16-22-45)69-57(68)41-25-23-40(24-26-41)33-42-27-29-52-60(6,71-52)32-31-48-47(42)37-59(48,4)5/h8-26,33,36,46-52,54,64H,27-32,34-35,37-38H2,1-7H3,(H,62,66). The molecule has 2 heterocycles. The molecule has 0 radical (unpaired) electrons. The van der Waals surface area contributed by atoms with Crippen LogP contribution in [0.3, 0.4) is 0 Å². The second kappa shape index (κ2) is 21.1. The van der Waals surface area contributed by atoms with Crippen molar-refractivity contribution in [2.45, 2.75) is 153 Å². The van der Waals surface area contributed by atoms with E-state index in [1.54, 1.807) is 46.0 Å². The number of aliphatic hydroxyl groups excluding tert-OH is 1. The van der Waals surface area contributed by atoms with Crippen molar-refractivity contribution in [2.24, 2.45) is 17.3 Å². The fraction of sp³-hybridized carbons (Fsp3) is 0.475. The van der Waals surface area contributed by atoms with Crippen molar-refractivity contribution in [3.8, 4) is 0 Å². The van der Waals surface area contributed by atoms with Crippen molar-refractivity contribution >= 4 is 29.8 Å². The number of likely N-dealkylation sites (N-methyl/N-ethyl adjacent to an activating group) is 1. The monoisotopic (exact) mass is 993 g/mol. The molecule has 5 aliphatic rings. The number of nitrogens with one attached hydrogen (secondary N) is 1. The summed E-state index contributed by atoms with van der Waals surface area (Å²) >= 11 is 0. The summed E-state index contributed by atoms with van der Waals surface area (Å²) in [6.45, 7) is 11.9. The number of fused-ring (bicyclic) bond motifs is 3. The van der Waals surface area contributed by atoms with Gasteiger partial charge in [-0.3, -0.25) is 14.4 Å². The van der Waals surface area contributed by atoms with Crippen LogP contribution in [0.25, 0.3) is 6.08 Å². The van der Waals surface area contributed by atoms with Crippen LogP contribution in [0.2, 0.25) is 0 Å². The lowest BCUT2D eigenvalue weighted by atomic mass is 9.52. The summed E-state index contributed by atoms with van der Waals surface area (Å²) in [4.78, 5) is 57.8. The van der Waals surface area contributed by atoms with E-state index in [1.165, 1.54) is 16.9 Å². The number of hydrogen-bond acceptors (Lipinski definition) is 10. The summed E-state index contributed by atoms with van der Waals surface area (Å²) in [5.41, 5.74) is 4.99. The molecule has 4 aromatic carbocycles. The first-order valence-corrected chi connectivity index (χ1v) is 26.2. The van der Waals surface area contributed by atoms with Gasteiger partial charge < -0.3 is 39.0 Å². The molecular weight excluding hydrogens is 921 g/mol. The highest BCUT2D eigenvalue weighted by atomic mass is 16.8. The SMILES string of the molecule is CN(C(=O)C1=CC2OC(c3ccccc3)(c3ccccc3)OC2C(OC(=O)c2ccc(C=C3CCC4OC4(C)CCC4C3CC4(C)C)cc2)C1)C(Cc1ccccc1)C(=O)NC(CO)CCC(=O)OC(C)(C)C. The number of amides is 2. The van der Waals surface area contributed by atoms with Gasteiger partial charge in [-0.1, -0.05) is 129 Å². The maximum Gasteiger partial charge on any atom is 0.338 e. The van der Waals surface area contributed by atoms with Gasteiger partial charge in [-0.25, -0.2) is 4.79 Å². The first-order valence-electron chi connectivity index (χ1n) is 26.2. The van der Waals surface area contributed by atoms with Crippen LogP contribution in [0, 0.1) is 17.3 Å². The number of esters is 2. The number of benzene rings is 4. The highest BCUT2D eigenvalue weighted by Crippen LogP contribution is 2.60. The zero-order chi connectivity index (χ0) is 51.7. The van der Waals surface area contributed by atoms with E-state index in [0.717, 1.165) is 47.9 Å². The molecule has 12 heteroatoms. The number of aliphatic hydroxyl groups is 1. The summed E-state index contributed by atoms with van der Waals surface area (Å²) in [6.07, 6.45) is 7.36. The van der Waals surface area contributed by atoms with Gasteiger partial charge in [-0.15, -0.1) is 0 Å². The fourth-order valence-electron chi connectivity index (χ4n) is 11.7. The van der Waals surface area contributed by atoms with Crippen LogP contribution >= 0.6 is 0 Å². The van der Waals surface area contributed by atoms with E-state index < -0.39 is 72.1 Å². The van der Waals surface area contributed by atoms with Crippen LogP contribution in [0.4, 0.5) is 0 Å². The fourth-order valence-corrected chi connectivity index (χ4v) is 11.7. The third-order valence-electron chi connectivity index (χ3n) is 15.9. The summed E-state index contributed by atoms with van der Waals surface area (Å²) in [5, 5.41) is 13.2. The highest BCUT2D eigenvalue weighted by molar-refractivity contribution is 5.97. The molecule has 2 saturated heterocycles. The average molecular weight is 993 g/mol.